The molecule has 6 nitrogen and oxygen atoms in total. The van der Waals surface area contributed by atoms with Crippen LogP contribution in [0.15, 0.2) is 0 Å². The van der Waals surface area contributed by atoms with Gasteiger partial charge in [-0.05, 0) is 0 Å². The fraction of sp³-hybridized carbons (Fsp3) is 1.00. The molecule has 80 valence electrons. The second-order valence-corrected chi connectivity index (χ2v) is 2.94. The van der Waals surface area contributed by atoms with Crippen molar-refractivity contribution in [3.63, 3.8) is 0 Å². The largest absolute Gasteiger partial charge is 1.00 e. The Morgan fingerprint density at radius 3 is 0.571 bits per heavy atom. The van der Waals surface area contributed by atoms with Gasteiger partial charge in [-0.2, -0.15) is 0 Å². The van der Waals surface area contributed by atoms with Crippen molar-refractivity contribution in [3.05, 3.63) is 0 Å². The summed E-state index contributed by atoms with van der Waals surface area (Å²) in [5.41, 5.74) is 0. The Balaban J connectivity index is 0. The molecular weight excluding hydrogens is 227 g/mol. The molecular formula is C6H12ClNaO6. The van der Waals surface area contributed by atoms with E-state index in [4.69, 9.17) is 30.6 Å². The molecule has 0 atom stereocenters. The maximum Gasteiger partial charge on any atom is 1.00 e. The molecule has 1 aliphatic carbocycles. The molecule has 0 saturated heterocycles. The minimum Gasteiger partial charge on any atom is -1.00 e. The van der Waals surface area contributed by atoms with E-state index < -0.39 is 36.6 Å². The summed E-state index contributed by atoms with van der Waals surface area (Å²) in [5.74, 6) is 0. The summed E-state index contributed by atoms with van der Waals surface area (Å²) in [4.78, 5) is 0. The molecule has 1 fully saturated rings. The average molecular weight is 239 g/mol. The van der Waals surface area contributed by atoms with Gasteiger partial charge in [0, 0.05) is 0 Å². The van der Waals surface area contributed by atoms with Crippen LogP contribution in [0.1, 0.15) is 0 Å². The molecule has 0 radical (unpaired) electrons. The molecule has 14 heavy (non-hydrogen) atoms. The zero-order chi connectivity index (χ0) is 9.46. The maximum absolute atomic E-state index is 8.97. The van der Waals surface area contributed by atoms with Gasteiger partial charge in [-0.1, -0.05) is 0 Å². The van der Waals surface area contributed by atoms with Crippen molar-refractivity contribution in [1.82, 2.24) is 0 Å². The number of hydrogen-bond acceptors (Lipinski definition) is 6. The molecule has 0 amide bonds. The maximum atomic E-state index is 8.97. The van der Waals surface area contributed by atoms with Crippen molar-refractivity contribution in [2.24, 2.45) is 0 Å². The molecule has 6 N–H and O–H groups in total. The molecule has 0 aliphatic heterocycles. The van der Waals surface area contributed by atoms with Crippen LogP contribution in [0.4, 0.5) is 0 Å². The van der Waals surface area contributed by atoms with Crippen molar-refractivity contribution >= 4 is 0 Å². The summed E-state index contributed by atoms with van der Waals surface area (Å²) in [6.07, 6.45) is -9.84. The quantitative estimate of drug-likeness (QED) is 0.233. The number of aliphatic hydroxyl groups is 6. The molecule has 0 unspecified atom stereocenters. The van der Waals surface area contributed by atoms with Crippen molar-refractivity contribution in [2.45, 2.75) is 36.6 Å². The Hall–Kier alpha value is 1.05. The standard InChI is InChI=1S/C6H12O6.ClH.Na/c7-1-2(8)4(10)6(12)5(11)3(1)9;;/h1-12H;1H;/q;;+1/p-1. The van der Waals surface area contributed by atoms with Crippen molar-refractivity contribution in [1.29, 1.82) is 0 Å². The first-order valence-electron chi connectivity index (χ1n) is 3.55. The number of aliphatic hydroxyl groups excluding tert-OH is 6. The topological polar surface area (TPSA) is 121 Å². The van der Waals surface area contributed by atoms with Gasteiger partial charge in [0.1, 0.15) is 36.6 Å². The van der Waals surface area contributed by atoms with E-state index in [9.17, 15) is 0 Å². The number of halogens is 1. The van der Waals surface area contributed by atoms with Gasteiger partial charge in [-0.25, -0.2) is 0 Å². The van der Waals surface area contributed by atoms with Crippen LogP contribution in [0.2, 0.25) is 0 Å². The van der Waals surface area contributed by atoms with Gasteiger partial charge < -0.3 is 43.0 Å². The molecule has 1 aliphatic rings. The first-order chi connectivity index (χ1) is 5.46. The third-order valence-corrected chi connectivity index (χ3v) is 2.10. The first kappa shape index (κ1) is 17.4. The Morgan fingerprint density at radius 1 is 0.429 bits per heavy atom. The van der Waals surface area contributed by atoms with Gasteiger partial charge in [0.05, 0.1) is 0 Å². The van der Waals surface area contributed by atoms with Crippen molar-refractivity contribution in [3.8, 4) is 0 Å². The second-order valence-electron chi connectivity index (χ2n) is 2.94. The van der Waals surface area contributed by atoms with Gasteiger partial charge in [0.25, 0.3) is 0 Å². The zero-order valence-electron chi connectivity index (χ0n) is 7.53. The molecule has 0 aromatic carbocycles. The van der Waals surface area contributed by atoms with E-state index >= 15 is 0 Å². The fourth-order valence-corrected chi connectivity index (χ4v) is 1.21. The van der Waals surface area contributed by atoms with E-state index in [1.54, 1.807) is 0 Å². The number of hydrogen-bond donors (Lipinski definition) is 6. The second kappa shape index (κ2) is 6.59. The minimum absolute atomic E-state index is 0. The third-order valence-electron chi connectivity index (χ3n) is 2.10. The molecule has 0 heterocycles. The SMILES string of the molecule is OC1C(O)C(O)C(O)C(O)C1O.[Cl-].[Na+]. The molecule has 0 aromatic rings. The summed E-state index contributed by atoms with van der Waals surface area (Å²) in [5, 5.41) is 53.8. The Bertz CT molecular complexity index is 114. The van der Waals surface area contributed by atoms with Gasteiger partial charge >= 0.3 is 29.6 Å². The first-order valence-corrected chi connectivity index (χ1v) is 3.55. The van der Waals surface area contributed by atoms with E-state index in [1.807, 2.05) is 0 Å². The van der Waals surface area contributed by atoms with Gasteiger partial charge in [-0.15, -0.1) is 0 Å². The molecule has 0 spiro atoms. The molecule has 0 aromatic heterocycles. The molecule has 1 rings (SSSR count). The van der Waals surface area contributed by atoms with Crippen LogP contribution >= 0.6 is 0 Å². The Kier molecular flexibility index (Phi) is 8.22. The van der Waals surface area contributed by atoms with E-state index in [1.165, 1.54) is 0 Å². The van der Waals surface area contributed by atoms with Crippen LogP contribution < -0.4 is 42.0 Å². The van der Waals surface area contributed by atoms with Crippen molar-refractivity contribution in [2.75, 3.05) is 0 Å². The predicted octanol–water partition coefficient (Wildman–Crippen LogP) is -9.83. The van der Waals surface area contributed by atoms with Crippen LogP contribution in [0.5, 0.6) is 0 Å². The number of rotatable bonds is 0. The van der Waals surface area contributed by atoms with Crippen molar-refractivity contribution < 1.29 is 72.6 Å². The molecule has 0 bridgehead atoms. The Labute approximate surface area is 109 Å². The van der Waals surface area contributed by atoms with Gasteiger partial charge in [0.15, 0.2) is 0 Å². The Morgan fingerprint density at radius 2 is 0.500 bits per heavy atom. The summed E-state index contributed by atoms with van der Waals surface area (Å²) in [6.45, 7) is 0. The summed E-state index contributed by atoms with van der Waals surface area (Å²) >= 11 is 0. The average Bonchev–Trinajstić information content (AvgIpc) is 2.08. The zero-order valence-corrected chi connectivity index (χ0v) is 10.3. The minimum atomic E-state index is -1.64. The van der Waals surface area contributed by atoms with Crippen LogP contribution in [0.25, 0.3) is 0 Å². The van der Waals surface area contributed by atoms with Gasteiger partial charge in [-0.3, -0.25) is 0 Å². The van der Waals surface area contributed by atoms with Crippen LogP contribution in [0.3, 0.4) is 0 Å². The normalized spacial score (nSPS) is 47.6. The van der Waals surface area contributed by atoms with E-state index in [0.717, 1.165) is 0 Å². The monoisotopic (exact) mass is 238 g/mol. The summed E-state index contributed by atoms with van der Waals surface area (Å²) in [6, 6.07) is 0. The van der Waals surface area contributed by atoms with Crippen LogP contribution in [-0.4, -0.2) is 67.3 Å². The van der Waals surface area contributed by atoms with Gasteiger partial charge in [0.2, 0.25) is 0 Å². The fourth-order valence-electron chi connectivity index (χ4n) is 1.21. The predicted molar refractivity (Wildman–Crippen MR) is 36.0 cm³/mol. The summed E-state index contributed by atoms with van der Waals surface area (Å²) in [7, 11) is 0. The van der Waals surface area contributed by atoms with Crippen LogP contribution in [0, 0.1) is 0 Å². The third kappa shape index (κ3) is 3.02. The summed E-state index contributed by atoms with van der Waals surface area (Å²) < 4.78 is 0. The van der Waals surface area contributed by atoms with Crippen LogP contribution in [-0.2, 0) is 0 Å². The van der Waals surface area contributed by atoms with E-state index in [2.05, 4.69) is 0 Å². The smallest absolute Gasteiger partial charge is 1.00 e. The molecule has 8 heteroatoms. The van der Waals surface area contributed by atoms with E-state index in [-0.39, 0.29) is 42.0 Å². The molecule has 1 saturated carbocycles. The van der Waals surface area contributed by atoms with E-state index in [0.29, 0.717) is 0 Å².